The lowest BCUT2D eigenvalue weighted by Crippen LogP contribution is -2.29. The van der Waals surface area contributed by atoms with Gasteiger partial charge in [0.1, 0.15) is 0 Å². The molecule has 0 bridgehead atoms. The van der Waals surface area contributed by atoms with Crippen molar-refractivity contribution in [1.29, 1.82) is 0 Å². The molecule has 0 aromatic carbocycles. The number of carbonyl (C=O) groups excluding carboxylic acids is 2. The van der Waals surface area contributed by atoms with Crippen LogP contribution < -0.4 is 10.6 Å². The predicted octanol–water partition coefficient (Wildman–Crippen LogP) is 2.41. The number of anilines is 1. The van der Waals surface area contributed by atoms with Crippen LogP contribution in [0.15, 0.2) is 12.4 Å². The number of amides is 2. The first kappa shape index (κ1) is 19.0. The number of nitrogens with one attached hydrogen (secondary N) is 2. The molecule has 0 atom stereocenters. The van der Waals surface area contributed by atoms with Crippen LogP contribution in [0.5, 0.6) is 0 Å². The third kappa shape index (κ3) is 4.60. The topological polar surface area (TPSA) is 93.8 Å². The van der Waals surface area contributed by atoms with Crippen LogP contribution in [0.25, 0.3) is 0 Å². The fourth-order valence-corrected chi connectivity index (χ4v) is 2.35. The van der Waals surface area contributed by atoms with E-state index in [0.29, 0.717) is 31.2 Å². The highest BCUT2D eigenvalue weighted by atomic mass is 35.5. The maximum Gasteiger partial charge on any atom is 0.277 e. The second-order valence-electron chi connectivity index (χ2n) is 5.99. The van der Waals surface area contributed by atoms with Gasteiger partial charge in [-0.1, -0.05) is 25.4 Å². The number of carbonyl (C=O) groups is 2. The van der Waals surface area contributed by atoms with Crippen molar-refractivity contribution in [3.63, 3.8) is 0 Å². The highest BCUT2D eigenvalue weighted by molar-refractivity contribution is 6.34. The average molecular weight is 367 g/mol. The zero-order valence-corrected chi connectivity index (χ0v) is 15.6. The summed E-state index contributed by atoms with van der Waals surface area (Å²) in [7, 11) is 0. The number of nitrogens with zero attached hydrogens (tertiary/aromatic N) is 4. The van der Waals surface area contributed by atoms with Crippen LogP contribution in [0.2, 0.25) is 5.02 Å². The van der Waals surface area contributed by atoms with Gasteiger partial charge < -0.3 is 10.6 Å². The molecule has 0 spiro atoms. The van der Waals surface area contributed by atoms with E-state index in [9.17, 15) is 9.59 Å². The molecule has 0 unspecified atom stereocenters. The molecule has 0 fully saturated rings. The molecule has 9 heteroatoms. The van der Waals surface area contributed by atoms with E-state index in [2.05, 4.69) is 20.8 Å². The Morgan fingerprint density at radius 1 is 1.08 bits per heavy atom. The van der Waals surface area contributed by atoms with Crippen molar-refractivity contribution in [2.45, 2.75) is 40.8 Å². The molecular weight excluding hydrogens is 344 g/mol. The van der Waals surface area contributed by atoms with Crippen LogP contribution in [0.3, 0.4) is 0 Å². The number of aryl methyl sites for hydroxylation is 2. The number of rotatable bonds is 7. The number of aromatic nitrogens is 4. The first-order valence-electron chi connectivity index (χ1n) is 8.25. The Bertz CT molecular complexity index is 765. The maximum absolute atomic E-state index is 12.5. The van der Waals surface area contributed by atoms with Gasteiger partial charge in [0.2, 0.25) is 0 Å². The third-order valence-corrected chi connectivity index (χ3v) is 3.75. The quantitative estimate of drug-likeness (QED) is 0.786. The molecule has 2 N–H and O–H groups in total. The molecule has 136 valence electrons. The first-order chi connectivity index (χ1) is 11.8. The van der Waals surface area contributed by atoms with Crippen LogP contribution in [0.4, 0.5) is 5.69 Å². The van der Waals surface area contributed by atoms with Crippen LogP contribution in [0, 0.1) is 5.92 Å². The molecule has 0 radical (unpaired) electrons. The molecule has 2 heterocycles. The molecule has 0 aliphatic carbocycles. The second-order valence-corrected chi connectivity index (χ2v) is 6.39. The van der Waals surface area contributed by atoms with Crippen molar-refractivity contribution < 1.29 is 9.59 Å². The van der Waals surface area contributed by atoms with E-state index in [1.54, 1.807) is 21.8 Å². The largest absolute Gasteiger partial charge is 0.350 e. The maximum atomic E-state index is 12.5. The summed E-state index contributed by atoms with van der Waals surface area (Å²) in [4.78, 5) is 24.8. The van der Waals surface area contributed by atoms with E-state index in [-0.39, 0.29) is 22.3 Å². The van der Waals surface area contributed by atoms with E-state index < -0.39 is 5.91 Å². The summed E-state index contributed by atoms with van der Waals surface area (Å²) in [5.74, 6) is -0.501. The summed E-state index contributed by atoms with van der Waals surface area (Å²) in [6, 6.07) is 0. The second kappa shape index (κ2) is 8.15. The summed E-state index contributed by atoms with van der Waals surface area (Å²) in [6.07, 6.45) is 3.20. The van der Waals surface area contributed by atoms with E-state index in [4.69, 9.17) is 11.6 Å². The highest BCUT2D eigenvalue weighted by Crippen LogP contribution is 2.19. The third-order valence-electron chi connectivity index (χ3n) is 3.48. The van der Waals surface area contributed by atoms with Crippen molar-refractivity contribution in [3.8, 4) is 0 Å². The lowest BCUT2D eigenvalue weighted by molar-refractivity contribution is 0.0944. The van der Waals surface area contributed by atoms with Gasteiger partial charge in [-0.2, -0.15) is 10.2 Å². The lowest BCUT2D eigenvalue weighted by Gasteiger charge is -2.07. The van der Waals surface area contributed by atoms with Gasteiger partial charge in [0.05, 0.1) is 10.7 Å². The first-order valence-corrected chi connectivity index (χ1v) is 8.63. The standard InChI is InChI=1S/C16H23ClN6O2/c1-5-22-8-11(17)13(20-22)16(25)19-12-9-23(6-2)21-14(12)15(24)18-7-10(3)4/h8-10H,5-7H2,1-4H3,(H,18,24)(H,19,25). The van der Waals surface area contributed by atoms with Crippen molar-refractivity contribution in [2.75, 3.05) is 11.9 Å². The number of halogens is 1. The number of hydrogen-bond acceptors (Lipinski definition) is 4. The average Bonchev–Trinajstić information content (AvgIpc) is 3.15. The molecule has 2 rings (SSSR count). The molecule has 0 aliphatic rings. The summed E-state index contributed by atoms with van der Waals surface area (Å²) < 4.78 is 3.16. The molecule has 25 heavy (non-hydrogen) atoms. The Morgan fingerprint density at radius 2 is 1.68 bits per heavy atom. The molecule has 2 amide bonds. The molecule has 0 aliphatic heterocycles. The monoisotopic (exact) mass is 366 g/mol. The van der Waals surface area contributed by atoms with Gasteiger partial charge in [-0.15, -0.1) is 0 Å². The lowest BCUT2D eigenvalue weighted by atomic mass is 10.2. The summed E-state index contributed by atoms with van der Waals surface area (Å²) in [5, 5.41) is 14.1. The minimum Gasteiger partial charge on any atom is -0.350 e. The fourth-order valence-electron chi connectivity index (χ4n) is 2.12. The molecule has 2 aromatic heterocycles. The normalized spacial score (nSPS) is 11.0. The van der Waals surface area contributed by atoms with Crippen LogP contribution in [-0.2, 0) is 13.1 Å². The molecule has 0 saturated carbocycles. The van der Waals surface area contributed by atoms with Crippen LogP contribution in [-0.4, -0.2) is 37.9 Å². The van der Waals surface area contributed by atoms with Gasteiger partial charge in [0.15, 0.2) is 11.4 Å². The molecule has 2 aromatic rings. The summed E-state index contributed by atoms with van der Waals surface area (Å²) >= 11 is 6.06. The Morgan fingerprint density at radius 3 is 2.24 bits per heavy atom. The predicted molar refractivity (Wildman–Crippen MR) is 95.9 cm³/mol. The van der Waals surface area contributed by atoms with E-state index in [0.717, 1.165) is 0 Å². The van der Waals surface area contributed by atoms with Gasteiger partial charge in [0, 0.05) is 32.0 Å². The van der Waals surface area contributed by atoms with Crippen LogP contribution in [0.1, 0.15) is 48.7 Å². The Labute approximate surface area is 151 Å². The van der Waals surface area contributed by atoms with Crippen LogP contribution >= 0.6 is 11.6 Å². The van der Waals surface area contributed by atoms with Crippen molar-refractivity contribution >= 4 is 29.1 Å². The van der Waals surface area contributed by atoms with Gasteiger partial charge >= 0.3 is 0 Å². The van der Waals surface area contributed by atoms with Crippen molar-refractivity contribution in [3.05, 3.63) is 28.8 Å². The SMILES string of the molecule is CCn1cc(Cl)c(C(=O)Nc2cn(CC)nc2C(=O)NCC(C)C)n1. The van der Waals surface area contributed by atoms with E-state index in [1.807, 2.05) is 27.7 Å². The zero-order chi connectivity index (χ0) is 18.6. The minimum absolute atomic E-state index is 0.112. The Hall–Kier alpha value is -2.35. The summed E-state index contributed by atoms with van der Waals surface area (Å²) in [5.41, 5.74) is 0.610. The molecule has 0 saturated heterocycles. The zero-order valence-electron chi connectivity index (χ0n) is 14.8. The van der Waals surface area contributed by atoms with Gasteiger partial charge in [-0.3, -0.25) is 19.0 Å². The van der Waals surface area contributed by atoms with E-state index in [1.165, 1.54) is 0 Å². The van der Waals surface area contributed by atoms with Gasteiger partial charge in [-0.25, -0.2) is 0 Å². The Balaban J connectivity index is 2.22. The number of hydrogen-bond donors (Lipinski definition) is 2. The van der Waals surface area contributed by atoms with Crippen molar-refractivity contribution in [2.24, 2.45) is 5.92 Å². The highest BCUT2D eigenvalue weighted by Gasteiger charge is 2.21. The van der Waals surface area contributed by atoms with Gasteiger partial charge in [0.25, 0.3) is 11.8 Å². The molecule has 8 nitrogen and oxygen atoms in total. The van der Waals surface area contributed by atoms with Gasteiger partial charge in [-0.05, 0) is 19.8 Å². The summed E-state index contributed by atoms with van der Waals surface area (Å²) in [6.45, 7) is 9.49. The van der Waals surface area contributed by atoms with E-state index >= 15 is 0 Å². The Kier molecular flexibility index (Phi) is 6.19. The smallest absolute Gasteiger partial charge is 0.277 e. The van der Waals surface area contributed by atoms with Crippen molar-refractivity contribution in [1.82, 2.24) is 24.9 Å². The minimum atomic E-state index is -0.481. The molecular formula is C16H23ClN6O2. The fraction of sp³-hybridized carbons (Fsp3) is 0.500.